The number of likely N-dealkylation sites (N-methyl/N-ethyl adjacent to an activating group) is 1. The zero-order valence-electron chi connectivity index (χ0n) is 17.1. The highest BCUT2D eigenvalue weighted by Crippen LogP contribution is 2.49. The highest BCUT2D eigenvalue weighted by molar-refractivity contribution is 7.10. The van der Waals surface area contributed by atoms with E-state index in [1.807, 2.05) is 35.7 Å². The van der Waals surface area contributed by atoms with Crippen LogP contribution in [0.4, 0.5) is 0 Å². The molecule has 3 aromatic heterocycles. The number of nitrogens with zero attached hydrogens (tertiary/aromatic N) is 2. The molecule has 1 aliphatic heterocycles. The molecule has 1 fully saturated rings. The van der Waals surface area contributed by atoms with Crippen LogP contribution in [-0.4, -0.2) is 28.7 Å². The number of rotatable bonds is 3. The number of hydrogen-bond donors (Lipinski definition) is 1. The summed E-state index contributed by atoms with van der Waals surface area (Å²) in [6.45, 7) is 2.08. The van der Waals surface area contributed by atoms with Crippen LogP contribution in [0.5, 0.6) is 0 Å². The number of aromatic nitrogens is 1. The summed E-state index contributed by atoms with van der Waals surface area (Å²) in [7, 11) is 1.68. The van der Waals surface area contributed by atoms with Crippen LogP contribution in [0, 0.1) is 5.41 Å². The van der Waals surface area contributed by atoms with Crippen LogP contribution < -0.4 is 0 Å². The maximum absolute atomic E-state index is 13.5. The van der Waals surface area contributed by atoms with Crippen LogP contribution in [0.1, 0.15) is 29.7 Å². The number of carbonyl (C=O) groups excluding carboxylic acids is 1. The number of amides is 1. The molecule has 1 amide bonds. The fourth-order valence-electron chi connectivity index (χ4n) is 4.40. The Morgan fingerprint density at radius 2 is 2.10 bits per heavy atom. The van der Waals surface area contributed by atoms with Gasteiger partial charge in [-0.15, -0.1) is 11.3 Å². The van der Waals surface area contributed by atoms with Gasteiger partial charge in [-0.05, 0) is 42.0 Å². The second-order valence-electron chi connectivity index (χ2n) is 8.15. The third kappa shape index (κ3) is 3.27. The topological polar surface area (TPSA) is 70.2 Å². The van der Waals surface area contributed by atoms with Crippen molar-refractivity contribution in [2.75, 3.05) is 7.05 Å². The van der Waals surface area contributed by atoms with E-state index in [1.54, 1.807) is 36.9 Å². The smallest absolute Gasteiger partial charge is 0.236 e. The zero-order chi connectivity index (χ0) is 21.8. The van der Waals surface area contributed by atoms with E-state index in [0.29, 0.717) is 17.3 Å². The Balaban J connectivity index is 1.63. The normalized spacial score (nSPS) is 21.8. The van der Waals surface area contributed by atoms with Crippen molar-refractivity contribution in [1.82, 2.24) is 9.88 Å². The molecule has 1 unspecified atom stereocenters. The van der Waals surface area contributed by atoms with Gasteiger partial charge in [-0.25, -0.2) is 0 Å². The highest BCUT2D eigenvalue weighted by Gasteiger charge is 2.49. The lowest BCUT2D eigenvalue weighted by molar-refractivity contribution is -0.131. The summed E-state index contributed by atoms with van der Waals surface area (Å²) in [5.41, 5.74) is 2.92. The maximum atomic E-state index is 13.5. The molecule has 4 aromatic rings. The third-order valence-electron chi connectivity index (χ3n) is 6.14. The Morgan fingerprint density at radius 1 is 1.26 bits per heavy atom. The summed E-state index contributed by atoms with van der Waals surface area (Å²) in [4.78, 5) is 20.4. The van der Waals surface area contributed by atoms with E-state index in [9.17, 15) is 4.79 Å². The van der Waals surface area contributed by atoms with E-state index in [4.69, 9.17) is 21.4 Å². The molecular formula is C24H20ClN3O2S. The van der Waals surface area contributed by atoms with Gasteiger partial charge in [0.15, 0.2) is 0 Å². The summed E-state index contributed by atoms with van der Waals surface area (Å²) in [6.07, 6.45) is 3.81. The minimum Gasteiger partial charge on any atom is -0.464 e. The van der Waals surface area contributed by atoms with Gasteiger partial charge in [0.25, 0.3) is 0 Å². The van der Waals surface area contributed by atoms with Crippen LogP contribution >= 0.6 is 22.9 Å². The first-order valence-electron chi connectivity index (χ1n) is 9.90. The zero-order valence-corrected chi connectivity index (χ0v) is 18.6. The molecular weight excluding hydrogens is 430 g/mol. The Morgan fingerprint density at radius 3 is 2.90 bits per heavy atom. The molecule has 31 heavy (non-hydrogen) atoms. The lowest BCUT2D eigenvalue weighted by atomic mass is 9.67. The molecule has 5 nitrogen and oxygen atoms in total. The van der Waals surface area contributed by atoms with Crippen LogP contribution in [0.2, 0.25) is 5.02 Å². The van der Waals surface area contributed by atoms with Gasteiger partial charge in [0.1, 0.15) is 11.4 Å². The number of hydrogen-bond acceptors (Lipinski definition) is 5. The van der Waals surface area contributed by atoms with Crippen molar-refractivity contribution >= 4 is 45.6 Å². The molecule has 0 saturated carbocycles. The molecule has 0 spiro atoms. The van der Waals surface area contributed by atoms with Gasteiger partial charge in [0.05, 0.1) is 17.9 Å². The molecule has 1 aromatic carbocycles. The van der Waals surface area contributed by atoms with Crippen molar-refractivity contribution in [3.8, 4) is 11.3 Å². The lowest BCUT2D eigenvalue weighted by Crippen LogP contribution is -2.51. The van der Waals surface area contributed by atoms with Crippen molar-refractivity contribution in [3.05, 3.63) is 75.8 Å². The average molecular weight is 450 g/mol. The van der Waals surface area contributed by atoms with E-state index in [2.05, 4.69) is 18.0 Å². The van der Waals surface area contributed by atoms with E-state index in [0.717, 1.165) is 32.7 Å². The van der Waals surface area contributed by atoms with E-state index in [-0.39, 0.29) is 5.91 Å². The minimum absolute atomic E-state index is 0.0718. The van der Waals surface area contributed by atoms with Crippen LogP contribution in [0.15, 0.2) is 64.7 Å². The van der Waals surface area contributed by atoms with Crippen molar-refractivity contribution in [1.29, 1.82) is 5.41 Å². The van der Waals surface area contributed by atoms with Gasteiger partial charge in [0.2, 0.25) is 5.91 Å². The quantitative estimate of drug-likeness (QED) is 0.411. The predicted molar refractivity (Wildman–Crippen MR) is 124 cm³/mol. The third-order valence-corrected chi connectivity index (χ3v) is 7.59. The number of fused-ring (bicyclic) bond motifs is 1. The Kier molecular flexibility index (Phi) is 4.72. The van der Waals surface area contributed by atoms with E-state index in [1.165, 1.54) is 4.90 Å². The number of thiophene rings is 1. The number of benzene rings is 1. The average Bonchev–Trinajstić information content (AvgIpc) is 3.42. The molecule has 1 saturated heterocycles. The van der Waals surface area contributed by atoms with Crippen LogP contribution in [0.25, 0.3) is 22.2 Å². The number of piperidine rings is 1. The molecule has 4 heterocycles. The van der Waals surface area contributed by atoms with Crippen LogP contribution in [-0.2, 0) is 10.2 Å². The number of amidine groups is 1. The largest absolute Gasteiger partial charge is 0.464 e. The fourth-order valence-corrected chi connectivity index (χ4v) is 5.66. The van der Waals surface area contributed by atoms with E-state index >= 15 is 0 Å². The van der Waals surface area contributed by atoms with Gasteiger partial charge in [-0.3, -0.25) is 15.2 Å². The first-order chi connectivity index (χ1) is 14.9. The van der Waals surface area contributed by atoms with E-state index < -0.39 is 11.3 Å². The summed E-state index contributed by atoms with van der Waals surface area (Å²) in [6, 6.07) is 13.5. The fraction of sp³-hybridized carbons (Fsp3) is 0.208. The van der Waals surface area contributed by atoms with Crippen molar-refractivity contribution in [3.63, 3.8) is 0 Å². The Hall–Kier alpha value is -2.96. The van der Waals surface area contributed by atoms with Crippen molar-refractivity contribution in [2.24, 2.45) is 0 Å². The summed E-state index contributed by atoms with van der Waals surface area (Å²) in [5.74, 6) is -0.161. The number of nitrogens with one attached hydrogen (secondary N) is 1. The lowest BCUT2D eigenvalue weighted by Gasteiger charge is -2.44. The molecule has 2 atom stereocenters. The van der Waals surface area contributed by atoms with Gasteiger partial charge in [-0.1, -0.05) is 24.6 Å². The number of pyridine rings is 1. The van der Waals surface area contributed by atoms with Gasteiger partial charge in [0, 0.05) is 51.3 Å². The molecule has 156 valence electrons. The number of likely N-dealkylation sites (tertiary alicyclic amines) is 1. The second-order valence-corrected chi connectivity index (χ2v) is 9.50. The van der Waals surface area contributed by atoms with Gasteiger partial charge >= 0.3 is 0 Å². The minimum atomic E-state index is -0.556. The summed E-state index contributed by atoms with van der Waals surface area (Å²) < 4.78 is 5.48. The van der Waals surface area contributed by atoms with Crippen molar-refractivity contribution < 1.29 is 9.21 Å². The Labute approximate surface area is 188 Å². The number of halogens is 1. The summed E-state index contributed by atoms with van der Waals surface area (Å²) in [5, 5.41) is 12.1. The molecule has 1 N–H and O–H groups in total. The van der Waals surface area contributed by atoms with Gasteiger partial charge < -0.3 is 9.32 Å². The maximum Gasteiger partial charge on any atom is 0.236 e. The monoisotopic (exact) mass is 449 g/mol. The highest BCUT2D eigenvalue weighted by atomic mass is 35.5. The molecule has 0 radical (unpaired) electrons. The first kappa shape index (κ1) is 20.0. The number of carbonyl (C=O) groups is 1. The first-order valence-corrected chi connectivity index (χ1v) is 11.2. The molecule has 0 bridgehead atoms. The van der Waals surface area contributed by atoms with Crippen LogP contribution in [0.3, 0.4) is 0 Å². The van der Waals surface area contributed by atoms with Crippen molar-refractivity contribution in [2.45, 2.75) is 24.7 Å². The molecule has 0 aliphatic carbocycles. The van der Waals surface area contributed by atoms with Gasteiger partial charge in [-0.2, -0.15) is 0 Å². The Bertz CT molecular complexity index is 1330. The molecule has 1 aliphatic rings. The second kappa shape index (κ2) is 7.32. The summed E-state index contributed by atoms with van der Waals surface area (Å²) >= 11 is 7.75. The molecule has 5 rings (SSSR count). The number of furan rings is 1. The predicted octanol–water partition coefficient (Wildman–Crippen LogP) is 6.09. The molecule has 7 heteroatoms. The SMILES string of the molecule is CN1C(=N)C[C@](C)(c2cc(-c3cc(Cl)ccn3)cs2)C(c2ccc3occc3c2)C1=O. The standard InChI is InChI=1S/C24H20ClN3O2S/c1-24(20-10-16(13-31-20)18-11-17(25)5-7-27-18)12-21(26)28(2)23(29)22(24)15-3-4-19-14(9-15)6-8-30-19/h3-11,13,22,26H,12H2,1-2H3/t22?,24-/m1/s1.